The highest BCUT2D eigenvalue weighted by Crippen LogP contribution is 2.55. The molecule has 5 saturated carbocycles. The SMILES string of the molecule is O=C(NC1[C@@H]2CC3C[C@H]1CC(O)(C3)C2)ON1CCN(c2ccc(N3CCN(S(=O)(=O)C4CC4)CC3)cc2)c2ccccc21. The van der Waals surface area contributed by atoms with Crippen LogP contribution in [-0.2, 0) is 14.9 Å². The van der Waals surface area contributed by atoms with Crippen molar-refractivity contribution in [3.05, 3.63) is 48.5 Å². The lowest BCUT2D eigenvalue weighted by molar-refractivity contribution is -0.137. The van der Waals surface area contributed by atoms with Gasteiger partial charge in [-0.25, -0.2) is 18.3 Å². The fourth-order valence-corrected chi connectivity index (χ4v) is 10.6. The predicted octanol–water partition coefficient (Wildman–Crippen LogP) is 3.84. The van der Waals surface area contributed by atoms with Gasteiger partial charge in [-0.2, -0.15) is 4.31 Å². The van der Waals surface area contributed by atoms with Gasteiger partial charge >= 0.3 is 6.09 Å². The van der Waals surface area contributed by atoms with Crippen molar-refractivity contribution in [2.24, 2.45) is 17.8 Å². The summed E-state index contributed by atoms with van der Waals surface area (Å²) in [6.45, 7) is 3.64. The summed E-state index contributed by atoms with van der Waals surface area (Å²) in [6.07, 6.45) is 5.84. The number of piperazine rings is 1. The molecule has 0 radical (unpaired) electrons. The summed E-state index contributed by atoms with van der Waals surface area (Å²) in [6, 6.07) is 16.5. The summed E-state index contributed by atoms with van der Waals surface area (Å²) in [4.78, 5) is 23.6. The van der Waals surface area contributed by atoms with Crippen molar-refractivity contribution >= 4 is 38.9 Å². The molecule has 0 spiro atoms. The van der Waals surface area contributed by atoms with Crippen LogP contribution >= 0.6 is 0 Å². The fraction of sp³-hybridized carbons (Fsp3) is 0.594. The molecule has 4 bridgehead atoms. The molecule has 6 fully saturated rings. The zero-order valence-electron chi connectivity index (χ0n) is 24.5. The number of benzene rings is 2. The van der Waals surface area contributed by atoms with Crippen molar-refractivity contribution in [1.82, 2.24) is 9.62 Å². The number of sulfonamides is 1. The summed E-state index contributed by atoms with van der Waals surface area (Å²) >= 11 is 0. The van der Waals surface area contributed by atoms with Crippen LogP contribution in [0.25, 0.3) is 0 Å². The standard InChI is InChI=1S/C32H41N5O5S/c38-31(33-30-23-17-22-18-24(30)21-32(39,19-22)20-23)42-37-16-15-36(28-3-1-2-4-29(28)37)26-7-5-25(6-8-26)34-11-13-35(14-12-34)43(40,41)27-9-10-27/h1-8,22-24,27,30,39H,9-21H2,(H,33,38)/t22?,23-,24+,30?,32?. The molecule has 5 aliphatic carbocycles. The molecule has 230 valence electrons. The van der Waals surface area contributed by atoms with Crippen LogP contribution in [0, 0.1) is 17.8 Å². The minimum absolute atomic E-state index is 0.0740. The van der Waals surface area contributed by atoms with E-state index in [2.05, 4.69) is 45.4 Å². The van der Waals surface area contributed by atoms with Crippen molar-refractivity contribution in [3.8, 4) is 0 Å². The predicted molar refractivity (Wildman–Crippen MR) is 165 cm³/mol. The molecule has 0 aromatic heterocycles. The first-order chi connectivity index (χ1) is 20.8. The molecule has 3 unspecified atom stereocenters. The number of fused-ring (bicyclic) bond motifs is 1. The molecule has 11 heteroatoms. The normalized spacial score (nSPS) is 32.1. The second kappa shape index (κ2) is 10.3. The number of rotatable bonds is 6. The molecule has 7 aliphatic rings. The van der Waals surface area contributed by atoms with Gasteiger partial charge in [-0.05, 0) is 99.1 Å². The number of amides is 1. The van der Waals surface area contributed by atoms with Gasteiger partial charge in [0.25, 0.3) is 0 Å². The molecule has 43 heavy (non-hydrogen) atoms. The number of hydroxylamine groups is 1. The van der Waals surface area contributed by atoms with Gasteiger partial charge in [-0.15, -0.1) is 0 Å². The van der Waals surface area contributed by atoms with Crippen molar-refractivity contribution in [2.45, 2.75) is 61.8 Å². The van der Waals surface area contributed by atoms with E-state index in [1.165, 1.54) is 0 Å². The first-order valence-corrected chi connectivity index (χ1v) is 17.5. The molecule has 2 aliphatic heterocycles. The number of carbonyl (C=O) groups excluding carboxylic acids is 1. The highest BCUT2D eigenvalue weighted by atomic mass is 32.2. The van der Waals surface area contributed by atoms with E-state index in [1.54, 1.807) is 9.37 Å². The third-order valence-corrected chi connectivity index (χ3v) is 13.2. The Balaban J connectivity index is 0.914. The Labute approximate surface area is 253 Å². The number of hydrogen-bond acceptors (Lipinski definition) is 8. The minimum Gasteiger partial charge on any atom is -0.390 e. The lowest BCUT2D eigenvalue weighted by Crippen LogP contribution is -2.62. The van der Waals surface area contributed by atoms with Crippen LogP contribution in [0.1, 0.15) is 44.9 Å². The van der Waals surface area contributed by atoms with E-state index in [0.29, 0.717) is 57.0 Å². The van der Waals surface area contributed by atoms with Gasteiger partial charge in [-0.1, -0.05) is 12.1 Å². The van der Waals surface area contributed by atoms with E-state index in [9.17, 15) is 18.3 Å². The van der Waals surface area contributed by atoms with Crippen molar-refractivity contribution in [1.29, 1.82) is 0 Å². The van der Waals surface area contributed by atoms with Gasteiger partial charge in [0.1, 0.15) is 0 Å². The molecule has 1 amide bonds. The lowest BCUT2D eigenvalue weighted by atomic mass is 9.52. The van der Waals surface area contributed by atoms with Crippen LogP contribution in [0.2, 0.25) is 0 Å². The number of aliphatic hydroxyl groups is 1. The lowest BCUT2D eigenvalue weighted by Gasteiger charge is -2.57. The van der Waals surface area contributed by atoms with E-state index in [4.69, 9.17) is 4.84 Å². The second-order valence-electron chi connectivity index (χ2n) is 13.6. The summed E-state index contributed by atoms with van der Waals surface area (Å²) < 4.78 is 26.9. The zero-order chi connectivity index (χ0) is 29.3. The topological polar surface area (TPSA) is 106 Å². The molecular weight excluding hydrogens is 566 g/mol. The average molecular weight is 608 g/mol. The molecule has 2 N–H and O–H groups in total. The van der Waals surface area contributed by atoms with Crippen LogP contribution in [-0.4, -0.2) is 80.1 Å². The third kappa shape index (κ3) is 5.03. The van der Waals surface area contributed by atoms with E-state index in [-0.39, 0.29) is 11.3 Å². The summed E-state index contributed by atoms with van der Waals surface area (Å²) in [5, 5.41) is 15.6. The summed E-state index contributed by atoms with van der Waals surface area (Å²) in [5.74, 6) is 1.25. The summed E-state index contributed by atoms with van der Waals surface area (Å²) in [7, 11) is -3.12. The van der Waals surface area contributed by atoms with Crippen LogP contribution in [0.15, 0.2) is 48.5 Å². The Morgan fingerprint density at radius 3 is 2.14 bits per heavy atom. The Bertz CT molecular complexity index is 1470. The van der Waals surface area contributed by atoms with E-state index < -0.39 is 21.7 Å². The number of carbonyl (C=O) groups is 1. The van der Waals surface area contributed by atoms with Gasteiger partial charge in [-0.3, -0.25) is 0 Å². The monoisotopic (exact) mass is 607 g/mol. The van der Waals surface area contributed by atoms with Crippen LogP contribution in [0.4, 0.5) is 27.5 Å². The highest BCUT2D eigenvalue weighted by molar-refractivity contribution is 7.90. The molecule has 10 nitrogen and oxygen atoms in total. The first kappa shape index (κ1) is 27.5. The smallest absolute Gasteiger partial charge is 0.390 e. The fourth-order valence-electron chi connectivity index (χ4n) is 8.80. The van der Waals surface area contributed by atoms with Crippen LogP contribution in [0.3, 0.4) is 0 Å². The maximum absolute atomic E-state index is 13.2. The molecule has 9 rings (SSSR count). The Hall–Kier alpha value is -3.02. The maximum Gasteiger partial charge on any atom is 0.431 e. The number of anilines is 4. The average Bonchev–Trinajstić information content (AvgIpc) is 3.85. The van der Waals surface area contributed by atoms with Gasteiger partial charge < -0.3 is 25.1 Å². The Morgan fingerprint density at radius 2 is 1.49 bits per heavy atom. The first-order valence-electron chi connectivity index (χ1n) is 15.9. The van der Waals surface area contributed by atoms with Crippen LogP contribution in [0.5, 0.6) is 0 Å². The van der Waals surface area contributed by atoms with Crippen LogP contribution < -0.4 is 20.2 Å². The quantitative estimate of drug-likeness (QED) is 0.511. The third-order valence-electron chi connectivity index (χ3n) is 10.8. The number of hydrogen-bond donors (Lipinski definition) is 2. The van der Waals surface area contributed by atoms with E-state index >= 15 is 0 Å². The van der Waals surface area contributed by atoms with E-state index in [1.807, 2.05) is 18.2 Å². The molecular formula is C32H41N5O5S. The molecule has 2 aromatic carbocycles. The van der Waals surface area contributed by atoms with Gasteiger partial charge in [0, 0.05) is 50.1 Å². The van der Waals surface area contributed by atoms with Gasteiger partial charge in [0.15, 0.2) is 0 Å². The maximum atomic E-state index is 13.2. The van der Waals surface area contributed by atoms with Crippen molar-refractivity contribution < 1.29 is 23.2 Å². The zero-order valence-corrected chi connectivity index (χ0v) is 25.3. The van der Waals surface area contributed by atoms with Crippen molar-refractivity contribution in [2.75, 3.05) is 54.1 Å². The second-order valence-corrected chi connectivity index (χ2v) is 15.8. The number of nitrogens with one attached hydrogen (secondary N) is 1. The summed E-state index contributed by atoms with van der Waals surface area (Å²) in [5.41, 5.74) is 3.45. The van der Waals surface area contributed by atoms with Crippen molar-refractivity contribution in [3.63, 3.8) is 0 Å². The highest BCUT2D eigenvalue weighted by Gasteiger charge is 2.55. The van der Waals surface area contributed by atoms with E-state index in [0.717, 1.165) is 67.7 Å². The Kier molecular flexibility index (Phi) is 6.58. The largest absolute Gasteiger partial charge is 0.431 e. The number of para-hydroxylation sites is 2. The molecule has 2 heterocycles. The number of nitrogens with zero attached hydrogens (tertiary/aromatic N) is 4. The Morgan fingerprint density at radius 1 is 0.837 bits per heavy atom. The minimum atomic E-state index is -3.12. The molecule has 1 saturated heterocycles. The molecule has 5 atom stereocenters. The molecule has 2 aromatic rings. The van der Waals surface area contributed by atoms with Gasteiger partial charge in [0.05, 0.1) is 28.8 Å². The van der Waals surface area contributed by atoms with Gasteiger partial charge in [0.2, 0.25) is 10.0 Å².